The molecule has 1 aliphatic heterocycles. The highest BCUT2D eigenvalue weighted by molar-refractivity contribution is 5.74. The summed E-state index contributed by atoms with van der Waals surface area (Å²) in [5.74, 6) is 1.18. The number of hydrogen-bond acceptors (Lipinski definition) is 5. The summed E-state index contributed by atoms with van der Waals surface area (Å²) in [6.07, 6.45) is 2.38. The zero-order chi connectivity index (χ0) is 13.4. The molecule has 1 aliphatic rings. The number of nitrogens with two attached hydrogens (primary N) is 1. The molecule has 0 unspecified atom stereocenters. The summed E-state index contributed by atoms with van der Waals surface area (Å²) in [5.41, 5.74) is 9.82. The molecule has 0 atom stereocenters. The van der Waals surface area contributed by atoms with E-state index in [4.69, 9.17) is 10.3 Å². The monoisotopic (exact) mass is 258 g/mol. The number of rotatable bonds is 2. The topological polar surface area (TPSA) is 68.2 Å². The third-order valence-electron chi connectivity index (χ3n) is 3.57. The Bertz CT molecular complexity index is 599. The molecule has 5 heteroatoms. The van der Waals surface area contributed by atoms with E-state index < -0.39 is 0 Å². The largest absolute Gasteiger partial charge is 0.398 e. The van der Waals surface area contributed by atoms with Gasteiger partial charge in [0, 0.05) is 18.8 Å². The third kappa shape index (κ3) is 2.16. The van der Waals surface area contributed by atoms with Gasteiger partial charge < -0.3 is 15.2 Å². The molecule has 0 amide bonds. The van der Waals surface area contributed by atoms with Gasteiger partial charge in [0.1, 0.15) is 0 Å². The maximum atomic E-state index is 6.10. The average molecular weight is 258 g/mol. The Morgan fingerprint density at radius 1 is 1.21 bits per heavy atom. The molecule has 0 saturated carbocycles. The number of aryl methyl sites for hydroxylation is 2. The van der Waals surface area contributed by atoms with Crippen LogP contribution in [-0.2, 0) is 0 Å². The van der Waals surface area contributed by atoms with Gasteiger partial charge in [-0.15, -0.1) is 0 Å². The van der Waals surface area contributed by atoms with Gasteiger partial charge in [-0.3, -0.25) is 0 Å². The number of nitrogens with zero attached hydrogens (tertiary/aromatic N) is 3. The Hall–Kier alpha value is -2.04. The van der Waals surface area contributed by atoms with Gasteiger partial charge in [0.25, 0.3) is 11.8 Å². The molecule has 0 spiro atoms. The first kappa shape index (κ1) is 12.0. The van der Waals surface area contributed by atoms with Crippen LogP contribution >= 0.6 is 0 Å². The Morgan fingerprint density at radius 2 is 1.95 bits per heavy atom. The lowest BCUT2D eigenvalue weighted by Crippen LogP contribution is -2.18. The zero-order valence-electron chi connectivity index (χ0n) is 11.3. The van der Waals surface area contributed by atoms with E-state index in [-0.39, 0.29) is 0 Å². The van der Waals surface area contributed by atoms with Crippen molar-refractivity contribution in [3.8, 4) is 11.5 Å². The van der Waals surface area contributed by atoms with Gasteiger partial charge in [0.05, 0.1) is 5.56 Å². The first-order chi connectivity index (χ1) is 9.15. The highest BCUT2D eigenvalue weighted by Gasteiger charge is 2.20. The Kier molecular flexibility index (Phi) is 2.89. The van der Waals surface area contributed by atoms with Crippen LogP contribution in [0.4, 0.5) is 11.6 Å². The minimum Gasteiger partial charge on any atom is -0.398 e. The summed E-state index contributed by atoms with van der Waals surface area (Å²) in [7, 11) is 0. The molecule has 0 bridgehead atoms. The van der Waals surface area contributed by atoms with Crippen LogP contribution in [0.1, 0.15) is 24.0 Å². The van der Waals surface area contributed by atoms with E-state index in [9.17, 15) is 0 Å². The molecule has 100 valence electrons. The SMILES string of the molecule is Cc1cc(C)c(N)c(-c2nc(N3CCCC3)no2)c1. The maximum Gasteiger partial charge on any atom is 0.266 e. The molecule has 2 heterocycles. The van der Waals surface area contributed by atoms with Crippen molar-refractivity contribution in [1.82, 2.24) is 10.1 Å². The van der Waals surface area contributed by atoms with Crippen molar-refractivity contribution in [3.05, 3.63) is 23.3 Å². The molecule has 1 aromatic carbocycles. The first-order valence-corrected chi connectivity index (χ1v) is 6.61. The number of aromatic nitrogens is 2. The van der Waals surface area contributed by atoms with E-state index in [0.29, 0.717) is 17.5 Å². The summed E-state index contributed by atoms with van der Waals surface area (Å²) in [6, 6.07) is 4.04. The zero-order valence-corrected chi connectivity index (χ0v) is 11.3. The van der Waals surface area contributed by atoms with Gasteiger partial charge in [0.15, 0.2) is 0 Å². The highest BCUT2D eigenvalue weighted by atomic mass is 16.5. The Balaban J connectivity index is 1.98. The van der Waals surface area contributed by atoms with Gasteiger partial charge in [-0.2, -0.15) is 4.98 Å². The number of anilines is 2. The van der Waals surface area contributed by atoms with Crippen molar-refractivity contribution < 1.29 is 4.52 Å². The molecule has 2 N–H and O–H groups in total. The van der Waals surface area contributed by atoms with E-state index in [1.54, 1.807) is 0 Å². The molecule has 0 radical (unpaired) electrons. The van der Waals surface area contributed by atoms with Crippen molar-refractivity contribution in [2.75, 3.05) is 23.7 Å². The molecule has 1 fully saturated rings. The van der Waals surface area contributed by atoms with E-state index in [2.05, 4.69) is 21.1 Å². The lowest BCUT2D eigenvalue weighted by molar-refractivity contribution is 0.430. The molecular weight excluding hydrogens is 240 g/mol. The molecule has 5 nitrogen and oxygen atoms in total. The smallest absolute Gasteiger partial charge is 0.266 e. The molecule has 3 rings (SSSR count). The van der Waals surface area contributed by atoms with Crippen molar-refractivity contribution >= 4 is 11.6 Å². The Labute approximate surface area is 112 Å². The van der Waals surface area contributed by atoms with E-state index in [0.717, 1.165) is 29.8 Å². The molecule has 0 aliphatic carbocycles. The third-order valence-corrected chi connectivity index (χ3v) is 3.57. The van der Waals surface area contributed by atoms with Crippen LogP contribution in [0.15, 0.2) is 16.7 Å². The van der Waals surface area contributed by atoms with E-state index in [1.165, 1.54) is 12.8 Å². The molecular formula is C14H18N4O. The minimum atomic E-state index is 0.506. The number of benzene rings is 1. The standard InChI is InChI=1S/C14H18N4O/c1-9-7-10(2)12(15)11(8-9)13-16-14(17-19-13)18-5-3-4-6-18/h7-8H,3-6,15H2,1-2H3. The van der Waals surface area contributed by atoms with Crippen LogP contribution in [0.25, 0.3) is 11.5 Å². The van der Waals surface area contributed by atoms with E-state index >= 15 is 0 Å². The van der Waals surface area contributed by atoms with Crippen LogP contribution in [0.2, 0.25) is 0 Å². The maximum absolute atomic E-state index is 6.10. The second kappa shape index (κ2) is 4.57. The van der Waals surface area contributed by atoms with Crippen molar-refractivity contribution in [3.63, 3.8) is 0 Å². The normalized spacial score (nSPS) is 15.2. The summed E-state index contributed by atoms with van der Waals surface area (Å²) in [5, 5.41) is 4.06. The fourth-order valence-corrected chi connectivity index (χ4v) is 2.53. The predicted octanol–water partition coefficient (Wildman–Crippen LogP) is 2.54. The molecule has 1 saturated heterocycles. The summed E-state index contributed by atoms with van der Waals surface area (Å²) in [6.45, 7) is 6.03. The van der Waals surface area contributed by atoms with Crippen molar-refractivity contribution in [2.24, 2.45) is 0 Å². The summed E-state index contributed by atoms with van der Waals surface area (Å²) < 4.78 is 5.37. The van der Waals surface area contributed by atoms with E-state index in [1.807, 2.05) is 19.9 Å². The highest BCUT2D eigenvalue weighted by Crippen LogP contribution is 2.30. The van der Waals surface area contributed by atoms with Crippen LogP contribution in [0.3, 0.4) is 0 Å². The summed E-state index contributed by atoms with van der Waals surface area (Å²) >= 11 is 0. The van der Waals surface area contributed by atoms with Crippen molar-refractivity contribution in [1.29, 1.82) is 0 Å². The lowest BCUT2D eigenvalue weighted by atomic mass is 10.0. The minimum absolute atomic E-state index is 0.506. The Morgan fingerprint density at radius 3 is 2.68 bits per heavy atom. The van der Waals surface area contributed by atoms with Gasteiger partial charge >= 0.3 is 0 Å². The van der Waals surface area contributed by atoms with Crippen molar-refractivity contribution in [2.45, 2.75) is 26.7 Å². The van der Waals surface area contributed by atoms with Gasteiger partial charge in [-0.1, -0.05) is 6.07 Å². The van der Waals surface area contributed by atoms with Gasteiger partial charge in [-0.25, -0.2) is 0 Å². The second-order valence-corrected chi connectivity index (χ2v) is 5.14. The van der Waals surface area contributed by atoms with Gasteiger partial charge in [-0.05, 0) is 49.0 Å². The van der Waals surface area contributed by atoms with Crippen LogP contribution in [0, 0.1) is 13.8 Å². The fraction of sp³-hybridized carbons (Fsp3) is 0.429. The first-order valence-electron chi connectivity index (χ1n) is 6.61. The van der Waals surface area contributed by atoms with Crippen LogP contribution < -0.4 is 10.6 Å². The fourth-order valence-electron chi connectivity index (χ4n) is 2.53. The lowest BCUT2D eigenvalue weighted by Gasteiger charge is -2.10. The quantitative estimate of drug-likeness (QED) is 0.838. The number of hydrogen-bond donors (Lipinski definition) is 1. The average Bonchev–Trinajstić information content (AvgIpc) is 3.03. The summed E-state index contributed by atoms with van der Waals surface area (Å²) in [4.78, 5) is 6.62. The number of nitrogen functional groups attached to an aromatic ring is 1. The van der Waals surface area contributed by atoms with Crippen LogP contribution in [0.5, 0.6) is 0 Å². The van der Waals surface area contributed by atoms with Crippen LogP contribution in [-0.4, -0.2) is 23.2 Å². The predicted molar refractivity (Wildman–Crippen MR) is 75.1 cm³/mol. The molecule has 19 heavy (non-hydrogen) atoms. The molecule has 1 aromatic heterocycles. The second-order valence-electron chi connectivity index (χ2n) is 5.14. The van der Waals surface area contributed by atoms with Gasteiger partial charge in [0.2, 0.25) is 0 Å². The molecule has 2 aromatic rings.